The summed E-state index contributed by atoms with van der Waals surface area (Å²) in [5, 5.41) is 13.3. The van der Waals surface area contributed by atoms with Crippen LogP contribution in [0.1, 0.15) is 22.4 Å². The number of nitrogens with zero attached hydrogens (tertiary/aromatic N) is 3. The van der Waals surface area contributed by atoms with Crippen LogP contribution in [0.5, 0.6) is 5.75 Å². The van der Waals surface area contributed by atoms with E-state index in [1.165, 1.54) is 0 Å². The second-order valence-electron chi connectivity index (χ2n) is 8.83. The number of hydrogen-bond acceptors (Lipinski definition) is 4. The van der Waals surface area contributed by atoms with Crippen LogP contribution < -0.4 is 10.3 Å². The normalized spacial score (nSPS) is 13.1. The number of benzene rings is 3. The highest BCUT2D eigenvalue weighted by atomic mass is 16.5. The molecule has 0 saturated heterocycles. The molecule has 3 aromatic carbocycles. The van der Waals surface area contributed by atoms with Crippen molar-refractivity contribution in [3.8, 4) is 16.9 Å². The third-order valence-corrected chi connectivity index (χ3v) is 6.79. The fourth-order valence-electron chi connectivity index (χ4n) is 4.78. The molecule has 5 rings (SSSR count). The van der Waals surface area contributed by atoms with Gasteiger partial charge in [0, 0.05) is 25.5 Å². The Morgan fingerprint density at radius 1 is 0.914 bits per heavy atom. The minimum absolute atomic E-state index is 0.0828. The van der Waals surface area contributed by atoms with Gasteiger partial charge in [0.2, 0.25) is 0 Å². The first-order valence-electron chi connectivity index (χ1n) is 11.4. The first-order chi connectivity index (χ1) is 16.8. The number of methoxy groups -OCH3 is 1. The molecule has 1 N–H and O–H groups in total. The van der Waals surface area contributed by atoms with Crippen LogP contribution in [0.25, 0.3) is 22.0 Å². The number of ether oxygens (including phenoxy) is 1. The van der Waals surface area contributed by atoms with Gasteiger partial charge in [0.25, 0.3) is 5.56 Å². The number of pyridine rings is 1. The maximum atomic E-state index is 12.8. The van der Waals surface area contributed by atoms with E-state index in [1.54, 1.807) is 37.3 Å². The Hall–Kier alpha value is -4.16. The van der Waals surface area contributed by atoms with Gasteiger partial charge in [-0.2, -0.15) is 0 Å². The lowest BCUT2D eigenvalue weighted by Crippen LogP contribution is -2.31. The average Bonchev–Trinajstić information content (AvgIpc) is 3.32. The number of aromatic nitrogens is 3. The molecule has 176 valence electrons. The molecule has 0 saturated carbocycles. The van der Waals surface area contributed by atoms with Crippen LogP contribution in [0.4, 0.5) is 0 Å². The van der Waals surface area contributed by atoms with Crippen molar-refractivity contribution in [1.29, 1.82) is 0 Å². The van der Waals surface area contributed by atoms with Crippen LogP contribution >= 0.6 is 0 Å². The number of aliphatic hydroxyl groups is 1. The molecule has 0 amide bonds. The summed E-state index contributed by atoms with van der Waals surface area (Å²) in [6.45, 7) is 2.03. The molecule has 0 bridgehead atoms. The van der Waals surface area contributed by atoms with E-state index in [4.69, 9.17) is 4.74 Å². The molecular weight excluding hydrogens is 438 g/mol. The Bertz CT molecular complexity index is 1600. The van der Waals surface area contributed by atoms with E-state index in [9.17, 15) is 9.90 Å². The molecule has 2 aromatic heterocycles. The quantitative estimate of drug-likeness (QED) is 0.414. The summed E-state index contributed by atoms with van der Waals surface area (Å²) in [7, 11) is 5.24. The second-order valence-corrected chi connectivity index (χ2v) is 8.83. The summed E-state index contributed by atoms with van der Waals surface area (Å²) < 4.78 is 8.78. The summed E-state index contributed by atoms with van der Waals surface area (Å²) >= 11 is 0. The van der Waals surface area contributed by atoms with Crippen LogP contribution in [0.15, 0.2) is 90.1 Å². The summed E-state index contributed by atoms with van der Waals surface area (Å²) in [4.78, 5) is 17.1. The zero-order valence-corrected chi connectivity index (χ0v) is 20.2. The minimum Gasteiger partial charge on any atom is -0.497 e. The van der Waals surface area contributed by atoms with Crippen molar-refractivity contribution in [1.82, 2.24) is 14.1 Å². The molecule has 0 fully saturated rings. The van der Waals surface area contributed by atoms with Gasteiger partial charge in [-0.1, -0.05) is 42.5 Å². The van der Waals surface area contributed by atoms with E-state index < -0.39 is 5.60 Å². The van der Waals surface area contributed by atoms with E-state index in [2.05, 4.69) is 4.98 Å². The van der Waals surface area contributed by atoms with Gasteiger partial charge in [0.05, 0.1) is 30.8 Å². The molecule has 5 aromatic rings. The van der Waals surface area contributed by atoms with Crippen LogP contribution in [0.3, 0.4) is 0 Å². The summed E-state index contributed by atoms with van der Waals surface area (Å²) in [5.74, 6) is 0.705. The number of imidazole rings is 1. The summed E-state index contributed by atoms with van der Waals surface area (Å²) in [6.07, 6.45) is 3.35. The predicted molar refractivity (Wildman–Crippen MR) is 138 cm³/mol. The molecule has 0 aliphatic carbocycles. The van der Waals surface area contributed by atoms with E-state index in [0.29, 0.717) is 22.6 Å². The smallest absolute Gasteiger partial charge is 0.251 e. The maximum absolute atomic E-state index is 12.8. The number of aryl methyl sites for hydroxylation is 3. The molecule has 1 unspecified atom stereocenters. The monoisotopic (exact) mass is 465 g/mol. The van der Waals surface area contributed by atoms with Crippen molar-refractivity contribution in [2.24, 2.45) is 14.1 Å². The van der Waals surface area contributed by atoms with E-state index in [-0.39, 0.29) is 5.56 Å². The van der Waals surface area contributed by atoms with Crippen molar-refractivity contribution in [3.63, 3.8) is 0 Å². The number of rotatable bonds is 5. The largest absolute Gasteiger partial charge is 0.497 e. The third kappa shape index (κ3) is 3.63. The lowest BCUT2D eigenvalue weighted by atomic mass is 9.82. The highest BCUT2D eigenvalue weighted by Gasteiger charge is 2.37. The minimum atomic E-state index is -1.48. The topological polar surface area (TPSA) is 69.3 Å². The molecule has 2 heterocycles. The summed E-state index contributed by atoms with van der Waals surface area (Å²) in [6, 6.07) is 22.8. The van der Waals surface area contributed by atoms with Crippen LogP contribution in [0.2, 0.25) is 0 Å². The Morgan fingerprint density at radius 2 is 1.63 bits per heavy atom. The van der Waals surface area contributed by atoms with Crippen molar-refractivity contribution >= 4 is 10.9 Å². The zero-order valence-electron chi connectivity index (χ0n) is 20.2. The van der Waals surface area contributed by atoms with Crippen molar-refractivity contribution in [3.05, 3.63) is 118 Å². The van der Waals surface area contributed by atoms with Gasteiger partial charge in [-0.15, -0.1) is 0 Å². The standard InChI is InChI=1S/C29H27N3O3/c1-19-7-5-6-8-23(19)24-16-28(33)32(3)26-14-11-21(15-25(24)26)29(34,27-17-30-18-31(27)2)20-9-12-22(35-4)13-10-20/h5-18,34H,1-4H3. The molecule has 0 aliphatic rings. The van der Waals surface area contributed by atoms with Gasteiger partial charge in [-0.25, -0.2) is 4.98 Å². The highest BCUT2D eigenvalue weighted by molar-refractivity contribution is 5.96. The van der Waals surface area contributed by atoms with Crippen molar-refractivity contribution < 1.29 is 9.84 Å². The molecule has 0 spiro atoms. The number of hydrogen-bond donors (Lipinski definition) is 1. The van der Waals surface area contributed by atoms with Gasteiger partial charge in [0.1, 0.15) is 5.75 Å². The average molecular weight is 466 g/mol. The molecule has 6 nitrogen and oxygen atoms in total. The third-order valence-electron chi connectivity index (χ3n) is 6.79. The van der Waals surface area contributed by atoms with Gasteiger partial charge in [-0.3, -0.25) is 4.79 Å². The van der Waals surface area contributed by atoms with Gasteiger partial charge in [0.15, 0.2) is 5.60 Å². The SMILES string of the molecule is COc1ccc(C(O)(c2ccc3c(c2)c(-c2ccccc2C)cc(=O)n3C)c2cncn2C)cc1. The van der Waals surface area contributed by atoms with Crippen LogP contribution in [-0.2, 0) is 19.7 Å². The molecule has 6 heteroatoms. The Morgan fingerprint density at radius 3 is 2.29 bits per heavy atom. The van der Waals surface area contributed by atoms with Crippen molar-refractivity contribution in [2.75, 3.05) is 7.11 Å². The molecule has 1 atom stereocenters. The van der Waals surface area contributed by atoms with Crippen LogP contribution in [-0.4, -0.2) is 26.3 Å². The lowest BCUT2D eigenvalue weighted by Gasteiger charge is -2.30. The van der Waals surface area contributed by atoms with Gasteiger partial charge < -0.3 is 19.0 Å². The molecule has 35 heavy (non-hydrogen) atoms. The number of fused-ring (bicyclic) bond motifs is 1. The van der Waals surface area contributed by atoms with Gasteiger partial charge >= 0.3 is 0 Å². The fourth-order valence-corrected chi connectivity index (χ4v) is 4.78. The molecule has 0 radical (unpaired) electrons. The van der Waals surface area contributed by atoms with Crippen LogP contribution in [0, 0.1) is 6.92 Å². The zero-order chi connectivity index (χ0) is 24.7. The lowest BCUT2D eigenvalue weighted by molar-refractivity contribution is 0.117. The van der Waals surface area contributed by atoms with Crippen molar-refractivity contribution in [2.45, 2.75) is 12.5 Å². The Labute approximate surface area is 203 Å². The Balaban J connectivity index is 1.83. The highest BCUT2D eigenvalue weighted by Crippen LogP contribution is 2.39. The first-order valence-corrected chi connectivity index (χ1v) is 11.4. The van der Waals surface area contributed by atoms with E-state index in [1.807, 2.05) is 85.3 Å². The maximum Gasteiger partial charge on any atom is 0.251 e. The van der Waals surface area contributed by atoms with E-state index >= 15 is 0 Å². The molecule has 0 aliphatic heterocycles. The Kier molecular flexibility index (Phi) is 5.53. The predicted octanol–water partition coefficient (Wildman–Crippen LogP) is 4.54. The van der Waals surface area contributed by atoms with E-state index in [0.717, 1.165) is 27.6 Å². The summed E-state index contributed by atoms with van der Waals surface area (Å²) in [5.41, 5.74) is 4.11. The second kappa shape index (κ2) is 8.56. The fraction of sp³-hybridized carbons (Fsp3) is 0.172. The van der Waals surface area contributed by atoms with Gasteiger partial charge in [-0.05, 0) is 59.0 Å². The first kappa shape index (κ1) is 22.6. The molecular formula is C29H27N3O3.